The highest BCUT2D eigenvalue weighted by atomic mass is 32.1. The molecule has 1 saturated heterocycles. The quantitative estimate of drug-likeness (QED) is 0.656. The van der Waals surface area contributed by atoms with E-state index in [1.54, 1.807) is 0 Å². The van der Waals surface area contributed by atoms with Gasteiger partial charge in [-0.2, -0.15) is 0 Å². The van der Waals surface area contributed by atoms with Crippen LogP contribution < -0.4 is 0 Å². The van der Waals surface area contributed by atoms with Gasteiger partial charge in [0.2, 0.25) is 0 Å². The molecular formula is C22H24N4OS. The molecule has 1 amide bonds. The summed E-state index contributed by atoms with van der Waals surface area (Å²) in [7, 11) is 0. The van der Waals surface area contributed by atoms with Gasteiger partial charge in [0.05, 0.1) is 5.69 Å². The van der Waals surface area contributed by atoms with E-state index in [0.717, 1.165) is 42.9 Å². The Bertz CT molecular complexity index is 970. The minimum Gasteiger partial charge on any atom is -0.337 e. The number of aryl methyl sites for hydroxylation is 2. The van der Waals surface area contributed by atoms with Crippen molar-refractivity contribution in [3.8, 4) is 11.1 Å². The number of amides is 1. The molecule has 28 heavy (non-hydrogen) atoms. The van der Waals surface area contributed by atoms with Gasteiger partial charge in [0, 0.05) is 30.4 Å². The molecule has 6 heteroatoms. The highest BCUT2D eigenvalue weighted by Gasteiger charge is 2.29. The second kappa shape index (κ2) is 8.19. The second-order valence-electron chi connectivity index (χ2n) is 7.28. The van der Waals surface area contributed by atoms with Gasteiger partial charge < -0.3 is 4.90 Å². The van der Waals surface area contributed by atoms with E-state index >= 15 is 0 Å². The molecule has 0 aliphatic carbocycles. The van der Waals surface area contributed by atoms with E-state index in [1.807, 2.05) is 24.8 Å². The maximum absolute atomic E-state index is 13.0. The van der Waals surface area contributed by atoms with Crippen molar-refractivity contribution < 1.29 is 4.79 Å². The van der Waals surface area contributed by atoms with Crippen LogP contribution in [0.3, 0.4) is 0 Å². The Morgan fingerprint density at radius 2 is 2.04 bits per heavy atom. The SMILES string of the molecule is CCc1nnsc1C(=O)N1CCC[C@H](c2cc(-c3ccccc3)cc(C)n2)C1. The van der Waals surface area contributed by atoms with E-state index in [-0.39, 0.29) is 11.8 Å². The molecule has 144 valence electrons. The molecule has 1 aliphatic rings. The average Bonchev–Trinajstić information content (AvgIpc) is 3.22. The van der Waals surface area contributed by atoms with Gasteiger partial charge >= 0.3 is 0 Å². The fraction of sp³-hybridized carbons (Fsp3) is 0.364. The van der Waals surface area contributed by atoms with E-state index in [1.165, 1.54) is 22.7 Å². The van der Waals surface area contributed by atoms with Crippen LogP contribution in [0.1, 0.15) is 52.4 Å². The zero-order valence-electron chi connectivity index (χ0n) is 16.3. The molecule has 0 N–H and O–H groups in total. The molecule has 3 heterocycles. The first-order valence-corrected chi connectivity index (χ1v) is 10.6. The van der Waals surface area contributed by atoms with Gasteiger partial charge in [-0.1, -0.05) is 41.7 Å². The first-order chi connectivity index (χ1) is 13.7. The third-order valence-electron chi connectivity index (χ3n) is 5.29. The molecule has 4 rings (SSSR count). The predicted octanol–water partition coefficient (Wildman–Crippen LogP) is 4.49. The smallest absolute Gasteiger partial charge is 0.267 e. The van der Waals surface area contributed by atoms with Gasteiger partial charge in [0.1, 0.15) is 4.88 Å². The Kier molecular flexibility index (Phi) is 5.48. The normalized spacial score (nSPS) is 16.9. The molecule has 5 nitrogen and oxygen atoms in total. The van der Waals surface area contributed by atoms with E-state index in [4.69, 9.17) is 4.98 Å². The van der Waals surface area contributed by atoms with Gasteiger partial charge in [-0.3, -0.25) is 9.78 Å². The zero-order chi connectivity index (χ0) is 19.5. The minimum absolute atomic E-state index is 0.0625. The summed E-state index contributed by atoms with van der Waals surface area (Å²) in [5.74, 6) is 0.318. The number of carbonyl (C=O) groups is 1. The lowest BCUT2D eigenvalue weighted by atomic mass is 9.92. The molecule has 1 aromatic carbocycles. The molecule has 1 fully saturated rings. The summed E-state index contributed by atoms with van der Waals surface area (Å²) in [5.41, 5.74) is 5.28. The van der Waals surface area contributed by atoms with Crippen LogP contribution in [0.5, 0.6) is 0 Å². The topological polar surface area (TPSA) is 59.0 Å². The van der Waals surface area contributed by atoms with Gasteiger partial charge in [-0.15, -0.1) is 5.10 Å². The Hall–Kier alpha value is -2.60. The molecule has 0 spiro atoms. The lowest BCUT2D eigenvalue weighted by molar-refractivity contribution is 0.0709. The van der Waals surface area contributed by atoms with Crippen molar-refractivity contribution in [2.45, 2.75) is 39.0 Å². The number of piperidine rings is 1. The van der Waals surface area contributed by atoms with E-state index in [9.17, 15) is 4.79 Å². The van der Waals surface area contributed by atoms with Crippen LogP contribution in [-0.2, 0) is 6.42 Å². The lowest BCUT2D eigenvalue weighted by Gasteiger charge is -2.32. The summed E-state index contributed by atoms with van der Waals surface area (Å²) in [4.78, 5) is 20.5. The van der Waals surface area contributed by atoms with Gasteiger partial charge in [0.25, 0.3) is 5.91 Å². The van der Waals surface area contributed by atoms with Crippen LogP contribution in [0, 0.1) is 6.92 Å². The lowest BCUT2D eigenvalue weighted by Crippen LogP contribution is -2.39. The summed E-state index contributed by atoms with van der Waals surface area (Å²) >= 11 is 1.21. The molecule has 0 saturated carbocycles. The summed E-state index contributed by atoms with van der Waals surface area (Å²) < 4.78 is 3.97. The third kappa shape index (κ3) is 3.83. The third-order valence-corrected chi connectivity index (χ3v) is 6.05. The summed E-state index contributed by atoms with van der Waals surface area (Å²) in [5, 5.41) is 4.09. The monoisotopic (exact) mass is 392 g/mol. The van der Waals surface area contributed by atoms with E-state index in [0.29, 0.717) is 11.4 Å². The van der Waals surface area contributed by atoms with Crippen molar-refractivity contribution in [1.29, 1.82) is 0 Å². The number of likely N-dealkylation sites (tertiary alicyclic amines) is 1. The van der Waals surface area contributed by atoms with Crippen LogP contribution in [0.4, 0.5) is 0 Å². The average molecular weight is 393 g/mol. The van der Waals surface area contributed by atoms with Crippen molar-refractivity contribution in [3.63, 3.8) is 0 Å². The number of hydrogen-bond donors (Lipinski definition) is 0. The molecule has 0 bridgehead atoms. The van der Waals surface area contributed by atoms with Crippen LogP contribution in [0.2, 0.25) is 0 Å². The van der Waals surface area contributed by atoms with E-state index < -0.39 is 0 Å². The zero-order valence-corrected chi connectivity index (χ0v) is 17.1. The van der Waals surface area contributed by atoms with Crippen LogP contribution in [0.25, 0.3) is 11.1 Å². The van der Waals surface area contributed by atoms with Crippen LogP contribution >= 0.6 is 11.5 Å². The van der Waals surface area contributed by atoms with Gasteiger partial charge in [0.15, 0.2) is 0 Å². The maximum Gasteiger partial charge on any atom is 0.267 e. The number of nitrogens with zero attached hydrogens (tertiary/aromatic N) is 4. The number of benzene rings is 1. The standard InChI is InChI=1S/C22H24N4OS/c1-3-19-21(28-25-24-19)22(27)26-11-7-10-17(14-26)20-13-18(12-15(2)23-20)16-8-5-4-6-9-16/h4-6,8-9,12-13,17H,3,7,10-11,14H2,1-2H3/t17-/m0/s1. The van der Waals surface area contributed by atoms with Crippen LogP contribution in [-0.4, -0.2) is 38.5 Å². The Balaban J connectivity index is 1.58. The van der Waals surface area contributed by atoms with Crippen LogP contribution in [0.15, 0.2) is 42.5 Å². The summed E-state index contributed by atoms with van der Waals surface area (Å²) in [6, 6.07) is 14.7. The Morgan fingerprint density at radius 3 is 2.82 bits per heavy atom. The van der Waals surface area contributed by atoms with Crippen molar-refractivity contribution in [2.75, 3.05) is 13.1 Å². The first-order valence-electron chi connectivity index (χ1n) is 9.80. The molecule has 3 aromatic rings. The van der Waals surface area contributed by atoms with Crippen molar-refractivity contribution in [2.24, 2.45) is 0 Å². The fourth-order valence-corrected chi connectivity index (χ4v) is 4.57. The largest absolute Gasteiger partial charge is 0.337 e. The maximum atomic E-state index is 13.0. The van der Waals surface area contributed by atoms with Gasteiger partial charge in [-0.05, 0) is 61.0 Å². The van der Waals surface area contributed by atoms with E-state index in [2.05, 4.69) is 46.0 Å². The summed E-state index contributed by atoms with van der Waals surface area (Å²) in [6.45, 7) is 5.53. The molecule has 0 radical (unpaired) electrons. The number of pyridine rings is 1. The fourth-order valence-electron chi connectivity index (χ4n) is 3.85. The number of rotatable bonds is 4. The molecular weight excluding hydrogens is 368 g/mol. The van der Waals surface area contributed by atoms with Crippen molar-refractivity contribution in [1.82, 2.24) is 19.5 Å². The highest BCUT2D eigenvalue weighted by molar-refractivity contribution is 7.08. The molecule has 1 aliphatic heterocycles. The van der Waals surface area contributed by atoms with Crippen molar-refractivity contribution >= 4 is 17.4 Å². The molecule has 2 aromatic heterocycles. The highest BCUT2D eigenvalue weighted by Crippen LogP contribution is 2.30. The number of hydrogen-bond acceptors (Lipinski definition) is 5. The minimum atomic E-state index is 0.0625. The number of carbonyl (C=O) groups excluding carboxylic acids is 1. The predicted molar refractivity (Wildman–Crippen MR) is 112 cm³/mol. The molecule has 1 atom stereocenters. The summed E-state index contributed by atoms with van der Waals surface area (Å²) in [6.07, 6.45) is 2.77. The Morgan fingerprint density at radius 1 is 1.21 bits per heavy atom. The van der Waals surface area contributed by atoms with Gasteiger partial charge in [-0.25, -0.2) is 0 Å². The first kappa shape index (κ1) is 18.7. The van der Waals surface area contributed by atoms with Crippen molar-refractivity contribution in [3.05, 3.63) is 64.4 Å². The Labute approximate surface area is 169 Å². The number of aromatic nitrogens is 3. The second-order valence-corrected chi connectivity index (χ2v) is 8.03. The molecule has 0 unspecified atom stereocenters.